The van der Waals surface area contributed by atoms with Gasteiger partial charge in [-0.15, -0.1) is 0 Å². The number of aromatic hydroxyl groups is 1. The average Bonchev–Trinajstić information content (AvgIpc) is 2.76. The maximum atomic E-state index is 13.5. The molecule has 0 amide bonds. The molecule has 31 heavy (non-hydrogen) atoms. The summed E-state index contributed by atoms with van der Waals surface area (Å²) < 4.78 is 0. The summed E-state index contributed by atoms with van der Waals surface area (Å²) in [6, 6.07) is 18.2. The predicted octanol–water partition coefficient (Wildman–Crippen LogP) is 5.17. The lowest BCUT2D eigenvalue weighted by Gasteiger charge is -2.31. The van der Waals surface area contributed by atoms with Crippen LogP contribution >= 0.6 is 0 Å². The van der Waals surface area contributed by atoms with E-state index in [1.165, 1.54) is 11.6 Å². The molecule has 5 heteroatoms. The maximum absolute atomic E-state index is 13.5. The predicted molar refractivity (Wildman–Crippen MR) is 122 cm³/mol. The number of hydrazine groups is 1. The molecule has 5 nitrogen and oxygen atoms in total. The fraction of sp³-hybridized carbons (Fsp3) is 0.231. The first kappa shape index (κ1) is 20.8. The molecule has 0 aliphatic heterocycles. The highest BCUT2D eigenvalue weighted by molar-refractivity contribution is 6.31. The quantitative estimate of drug-likeness (QED) is 0.426. The third-order valence-electron chi connectivity index (χ3n) is 5.39. The van der Waals surface area contributed by atoms with Crippen LogP contribution in [-0.4, -0.2) is 22.7 Å². The Labute approximate surface area is 182 Å². The molecule has 0 heterocycles. The number of carbonyl (C=O) groups excluding carboxylic acids is 2. The average molecular weight is 415 g/mol. The van der Waals surface area contributed by atoms with Gasteiger partial charge >= 0.3 is 0 Å². The molecule has 158 valence electrons. The molecule has 0 atom stereocenters. The molecule has 0 radical (unpaired) electrons. The molecule has 0 bridgehead atoms. The number of hydrogen-bond donors (Lipinski definition) is 2. The van der Waals surface area contributed by atoms with Crippen LogP contribution in [0.15, 0.2) is 60.7 Å². The second-order valence-corrected chi connectivity index (χ2v) is 8.09. The first-order valence-electron chi connectivity index (χ1n) is 10.6. The van der Waals surface area contributed by atoms with Gasteiger partial charge < -0.3 is 5.11 Å². The number of phenolic OH excluding ortho intramolecular Hbond substituents is 1. The van der Waals surface area contributed by atoms with Crippen LogP contribution in [0.1, 0.15) is 64.6 Å². The summed E-state index contributed by atoms with van der Waals surface area (Å²) >= 11 is 0. The number of rotatable bonds is 6. The summed E-state index contributed by atoms with van der Waals surface area (Å²) in [7, 11) is 0. The van der Waals surface area contributed by atoms with Crippen LogP contribution in [0.2, 0.25) is 0 Å². The molecular formula is C26H26N2O3. The van der Waals surface area contributed by atoms with Crippen molar-refractivity contribution in [3.8, 4) is 5.75 Å². The Morgan fingerprint density at radius 2 is 1.48 bits per heavy atom. The third-order valence-corrected chi connectivity index (χ3v) is 5.39. The van der Waals surface area contributed by atoms with Crippen LogP contribution in [0.3, 0.4) is 0 Å². The molecule has 1 aliphatic rings. The van der Waals surface area contributed by atoms with Gasteiger partial charge in [0.15, 0.2) is 11.6 Å². The number of fused-ring (bicyclic) bond motifs is 2. The van der Waals surface area contributed by atoms with Gasteiger partial charge in [-0.3, -0.25) is 14.6 Å². The number of benzene rings is 3. The first-order valence-corrected chi connectivity index (χ1v) is 10.6. The highest BCUT2D eigenvalue weighted by Gasteiger charge is 2.35. The van der Waals surface area contributed by atoms with Gasteiger partial charge in [0, 0.05) is 17.2 Å². The number of phenols is 1. The summed E-state index contributed by atoms with van der Waals surface area (Å²) in [4.78, 5) is 26.6. The Bertz CT molecular complexity index is 1150. The van der Waals surface area contributed by atoms with Gasteiger partial charge in [0.25, 0.3) is 0 Å². The summed E-state index contributed by atoms with van der Waals surface area (Å²) in [5.74, 6) is -0.780. The van der Waals surface area contributed by atoms with Gasteiger partial charge in [0.2, 0.25) is 0 Å². The van der Waals surface area contributed by atoms with Crippen molar-refractivity contribution in [3.05, 3.63) is 88.5 Å². The van der Waals surface area contributed by atoms with Gasteiger partial charge in [0.05, 0.1) is 22.5 Å². The minimum atomic E-state index is -0.340. The molecule has 3 aromatic rings. The van der Waals surface area contributed by atoms with Crippen LogP contribution in [0.4, 0.5) is 11.4 Å². The Kier molecular flexibility index (Phi) is 5.61. The van der Waals surface area contributed by atoms with Crippen molar-refractivity contribution in [2.45, 2.75) is 39.7 Å². The summed E-state index contributed by atoms with van der Waals surface area (Å²) in [6.45, 7) is 6.19. The second-order valence-electron chi connectivity index (χ2n) is 8.09. The minimum absolute atomic E-state index is 0.0736. The van der Waals surface area contributed by atoms with Crippen molar-refractivity contribution in [2.75, 3.05) is 5.01 Å². The first-order chi connectivity index (χ1) is 14.9. The summed E-state index contributed by atoms with van der Waals surface area (Å²) in [6.07, 6.45) is 2.08. The van der Waals surface area contributed by atoms with E-state index in [2.05, 4.69) is 24.5 Å². The number of nitrogens with one attached hydrogen (secondary N) is 1. The highest BCUT2D eigenvalue weighted by Crippen LogP contribution is 2.38. The van der Waals surface area contributed by atoms with E-state index in [0.717, 1.165) is 18.5 Å². The lowest BCUT2D eigenvalue weighted by atomic mass is 9.82. The molecule has 0 saturated heterocycles. The van der Waals surface area contributed by atoms with Crippen molar-refractivity contribution >= 4 is 22.9 Å². The summed E-state index contributed by atoms with van der Waals surface area (Å²) in [5, 5.41) is 12.1. The Balaban J connectivity index is 1.87. The largest absolute Gasteiger partial charge is 0.507 e. The van der Waals surface area contributed by atoms with E-state index in [1.54, 1.807) is 24.3 Å². The molecule has 2 N–H and O–H groups in total. The Morgan fingerprint density at radius 1 is 0.871 bits per heavy atom. The molecule has 1 aliphatic carbocycles. The topological polar surface area (TPSA) is 69.6 Å². The van der Waals surface area contributed by atoms with E-state index in [9.17, 15) is 14.7 Å². The monoisotopic (exact) mass is 414 g/mol. The molecular weight excluding hydrogens is 388 g/mol. The smallest absolute Gasteiger partial charge is 0.198 e. The standard InChI is InChI=1S/C26H26N2O3/c1-4-7-17-12-14-18(15-13-17)28(27-16(2)3)21-10-5-8-19-23(21)25(30)20-9-6-11-22(29)24(20)26(19)31/h5-6,8-16,27,29H,4,7H2,1-3H3. The zero-order valence-corrected chi connectivity index (χ0v) is 18.0. The van der Waals surface area contributed by atoms with E-state index < -0.39 is 0 Å². The molecule has 0 aromatic heterocycles. The SMILES string of the molecule is CCCc1ccc(N(NC(C)C)c2cccc3c2C(=O)c2cccc(O)c2C3=O)cc1. The van der Waals surface area contributed by atoms with Crippen molar-refractivity contribution in [2.24, 2.45) is 0 Å². The van der Waals surface area contributed by atoms with E-state index >= 15 is 0 Å². The lowest BCUT2D eigenvalue weighted by molar-refractivity contribution is 0.0977. The minimum Gasteiger partial charge on any atom is -0.507 e. The van der Waals surface area contributed by atoms with Crippen LogP contribution < -0.4 is 10.4 Å². The van der Waals surface area contributed by atoms with Crippen molar-refractivity contribution in [1.82, 2.24) is 5.43 Å². The number of aryl methyl sites for hydroxylation is 1. The van der Waals surface area contributed by atoms with Crippen LogP contribution in [0.5, 0.6) is 5.75 Å². The van der Waals surface area contributed by atoms with E-state index in [4.69, 9.17) is 0 Å². The number of ketones is 2. The fourth-order valence-electron chi connectivity index (χ4n) is 4.03. The zero-order valence-electron chi connectivity index (χ0n) is 18.0. The fourth-order valence-corrected chi connectivity index (χ4v) is 4.03. The zero-order chi connectivity index (χ0) is 22.1. The molecule has 3 aromatic carbocycles. The van der Waals surface area contributed by atoms with Crippen LogP contribution in [0, 0.1) is 0 Å². The molecule has 4 rings (SSSR count). The van der Waals surface area contributed by atoms with Gasteiger partial charge in [-0.05, 0) is 50.1 Å². The van der Waals surface area contributed by atoms with Crippen molar-refractivity contribution in [3.63, 3.8) is 0 Å². The number of anilines is 2. The second kappa shape index (κ2) is 8.36. The Morgan fingerprint density at radius 3 is 2.13 bits per heavy atom. The van der Waals surface area contributed by atoms with Crippen LogP contribution in [0.25, 0.3) is 0 Å². The molecule has 0 fully saturated rings. The van der Waals surface area contributed by atoms with Gasteiger partial charge in [0.1, 0.15) is 5.75 Å². The van der Waals surface area contributed by atoms with Crippen molar-refractivity contribution < 1.29 is 14.7 Å². The van der Waals surface area contributed by atoms with E-state index in [1.807, 2.05) is 37.1 Å². The van der Waals surface area contributed by atoms with E-state index in [-0.39, 0.29) is 34.5 Å². The molecule has 0 saturated carbocycles. The summed E-state index contributed by atoms with van der Waals surface area (Å²) in [5.41, 5.74) is 7.10. The van der Waals surface area contributed by atoms with Crippen molar-refractivity contribution in [1.29, 1.82) is 0 Å². The highest BCUT2D eigenvalue weighted by atomic mass is 16.3. The van der Waals surface area contributed by atoms with Crippen LogP contribution in [-0.2, 0) is 6.42 Å². The lowest BCUT2D eigenvalue weighted by Crippen LogP contribution is -2.40. The number of nitrogens with zero attached hydrogens (tertiary/aromatic N) is 1. The normalized spacial score (nSPS) is 12.6. The van der Waals surface area contributed by atoms with Gasteiger partial charge in [-0.25, -0.2) is 5.43 Å². The number of hydrogen-bond acceptors (Lipinski definition) is 5. The van der Waals surface area contributed by atoms with Gasteiger partial charge in [-0.1, -0.05) is 49.7 Å². The third kappa shape index (κ3) is 3.73. The number of carbonyl (C=O) groups is 2. The Hall–Kier alpha value is -3.44. The molecule has 0 spiro atoms. The van der Waals surface area contributed by atoms with E-state index in [0.29, 0.717) is 16.8 Å². The van der Waals surface area contributed by atoms with Gasteiger partial charge in [-0.2, -0.15) is 0 Å². The maximum Gasteiger partial charge on any atom is 0.198 e. The molecule has 0 unspecified atom stereocenters.